The lowest BCUT2D eigenvalue weighted by molar-refractivity contribution is 1.04. The molecule has 0 aliphatic heterocycles. The highest BCUT2D eigenvalue weighted by Gasteiger charge is 2.04. The quantitative estimate of drug-likeness (QED) is 0.441. The van der Waals surface area contributed by atoms with Gasteiger partial charge in [0.25, 0.3) is 0 Å². The molecule has 0 saturated carbocycles. The minimum Gasteiger partial charge on any atom is -0.368 e. The van der Waals surface area contributed by atoms with Gasteiger partial charge in [0, 0.05) is 12.3 Å². The zero-order valence-corrected chi connectivity index (χ0v) is 10.2. The summed E-state index contributed by atoms with van der Waals surface area (Å²) in [6.07, 6.45) is 1.57. The molecule has 0 aliphatic rings. The fraction of sp³-hybridized carbons (Fsp3) is 0. The molecule has 0 aromatic carbocycles. The van der Waals surface area contributed by atoms with Crippen molar-refractivity contribution in [2.24, 2.45) is 5.84 Å². The van der Waals surface area contributed by atoms with Crippen molar-refractivity contribution in [3.05, 3.63) is 29.4 Å². The minimum atomic E-state index is 0.150. The van der Waals surface area contributed by atoms with E-state index >= 15 is 0 Å². The maximum Gasteiger partial charge on any atom is 0.223 e. The van der Waals surface area contributed by atoms with Gasteiger partial charge in [0.05, 0.1) is 5.02 Å². The van der Waals surface area contributed by atoms with Gasteiger partial charge in [-0.05, 0) is 23.9 Å². The lowest BCUT2D eigenvalue weighted by Gasteiger charge is -2.04. The van der Waals surface area contributed by atoms with Gasteiger partial charge in [-0.3, -0.25) is 0 Å². The van der Waals surface area contributed by atoms with E-state index in [0.29, 0.717) is 15.9 Å². The average Bonchev–Trinajstić information content (AvgIpc) is 2.31. The molecule has 2 heterocycles. The van der Waals surface area contributed by atoms with Crippen LogP contribution in [-0.4, -0.2) is 15.0 Å². The van der Waals surface area contributed by atoms with Crippen molar-refractivity contribution in [3.8, 4) is 0 Å². The highest BCUT2D eigenvalue weighted by atomic mass is 35.5. The van der Waals surface area contributed by atoms with Crippen molar-refractivity contribution in [1.82, 2.24) is 15.0 Å². The van der Waals surface area contributed by atoms with Crippen molar-refractivity contribution in [2.75, 3.05) is 11.2 Å². The Bertz CT molecular complexity index is 517. The Balaban J connectivity index is 2.23. The summed E-state index contributed by atoms with van der Waals surface area (Å²) in [5, 5.41) is 2.00. The molecule has 8 heteroatoms. The van der Waals surface area contributed by atoms with Crippen LogP contribution in [0.25, 0.3) is 0 Å². The molecule has 2 aromatic heterocycles. The molecule has 0 unspecified atom stereocenters. The largest absolute Gasteiger partial charge is 0.368 e. The Labute approximate surface area is 107 Å². The fourth-order valence-corrected chi connectivity index (χ4v) is 1.98. The van der Waals surface area contributed by atoms with Gasteiger partial charge in [0.2, 0.25) is 5.95 Å². The normalized spacial score (nSPS) is 10.2. The van der Waals surface area contributed by atoms with Crippen LogP contribution < -0.4 is 17.0 Å². The number of hydrazine groups is 1. The molecular weight excluding hydrogens is 260 g/mol. The van der Waals surface area contributed by atoms with Gasteiger partial charge >= 0.3 is 0 Å². The Morgan fingerprint density at radius 3 is 2.71 bits per heavy atom. The summed E-state index contributed by atoms with van der Waals surface area (Å²) < 4.78 is 0. The summed E-state index contributed by atoms with van der Waals surface area (Å²) in [6.45, 7) is 0. The van der Waals surface area contributed by atoms with E-state index in [2.05, 4.69) is 20.4 Å². The standard InChI is InChI=1S/C9H9ClN6S/c10-5-1-2-7(13-4-5)17-8-3-6(16-12)14-9(11)15-8/h1-4H,12H2,(H3,11,14,15,16). The summed E-state index contributed by atoms with van der Waals surface area (Å²) in [5.41, 5.74) is 7.96. The summed E-state index contributed by atoms with van der Waals surface area (Å²) in [5.74, 6) is 5.87. The van der Waals surface area contributed by atoms with E-state index in [4.69, 9.17) is 23.2 Å². The van der Waals surface area contributed by atoms with Crippen LogP contribution in [0.3, 0.4) is 0 Å². The second-order valence-corrected chi connectivity index (χ2v) is 4.49. The van der Waals surface area contributed by atoms with Gasteiger partial charge < -0.3 is 11.2 Å². The monoisotopic (exact) mass is 268 g/mol. The lowest BCUT2D eigenvalue weighted by Crippen LogP contribution is -2.10. The minimum absolute atomic E-state index is 0.150. The lowest BCUT2D eigenvalue weighted by atomic mass is 10.5. The zero-order valence-electron chi connectivity index (χ0n) is 8.59. The first kappa shape index (κ1) is 11.9. The molecule has 6 nitrogen and oxygen atoms in total. The number of nitrogens with zero attached hydrogens (tertiary/aromatic N) is 3. The first-order valence-electron chi connectivity index (χ1n) is 4.58. The van der Waals surface area contributed by atoms with Gasteiger partial charge in [-0.2, -0.15) is 4.98 Å². The van der Waals surface area contributed by atoms with Crippen LogP contribution in [0.1, 0.15) is 0 Å². The van der Waals surface area contributed by atoms with E-state index in [1.807, 2.05) is 0 Å². The molecule has 2 rings (SSSR count). The van der Waals surface area contributed by atoms with E-state index in [1.165, 1.54) is 11.8 Å². The van der Waals surface area contributed by atoms with E-state index in [0.717, 1.165) is 5.03 Å². The van der Waals surface area contributed by atoms with Crippen molar-refractivity contribution in [3.63, 3.8) is 0 Å². The molecular formula is C9H9ClN6S. The van der Waals surface area contributed by atoms with Crippen molar-refractivity contribution in [1.29, 1.82) is 0 Å². The molecule has 0 radical (unpaired) electrons. The van der Waals surface area contributed by atoms with Gasteiger partial charge in [0.1, 0.15) is 15.9 Å². The summed E-state index contributed by atoms with van der Waals surface area (Å²) in [6, 6.07) is 5.22. The van der Waals surface area contributed by atoms with E-state index in [9.17, 15) is 0 Å². The summed E-state index contributed by atoms with van der Waals surface area (Å²) in [7, 11) is 0. The summed E-state index contributed by atoms with van der Waals surface area (Å²) >= 11 is 7.09. The van der Waals surface area contributed by atoms with E-state index < -0.39 is 0 Å². The van der Waals surface area contributed by atoms with E-state index in [1.54, 1.807) is 24.4 Å². The van der Waals surface area contributed by atoms with Gasteiger partial charge in [-0.25, -0.2) is 15.8 Å². The van der Waals surface area contributed by atoms with E-state index in [-0.39, 0.29) is 5.95 Å². The molecule has 2 aromatic rings. The Hall–Kier alpha value is -1.57. The van der Waals surface area contributed by atoms with Crippen LogP contribution in [0, 0.1) is 0 Å². The van der Waals surface area contributed by atoms with Crippen molar-refractivity contribution >= 4 is 35.1 Å². The molecule has 0 spiro atoms. The fourth-order valence-electron chi connectivity index (χ4n) is 1.10. The number of hydrogen-bond donors (Lipinski definition) is 3. The highest BCUT2D eigenvalue weighted by Crippen LogP contribution is 2.26. The predicted molar refractivity (Wildman–Crippen MR) is 67.6 cm³/mol. The Kier molecular flexibility index (Phi) is 3.62. The first-order valence-corrected chi connectivity index (χ1v) is 5.77. The van der Waals surface area contributed by atoms with Crippen molar-refractivity contribution in [2.45, 2.75) is 10.1 Å². The molecule has 0 bridgehead atoms. The average molecular weight is 269 g/mol. The van der Waals surface area contributed by atoms with Crippen LogP contribution in [0.2, 0.25) is 5.02 Å². The van der Waals surface area contributed by atoms with Gasteiger partial charge in [-0.1, -0.05) is 11.6 Å². The van der Waals surface area contributed by atoms with Gasteiger partial charge in [-0.15, -0.1) is 0 Å². The Morgan fingerprint density at radius 1 is 1.24 bits per heavy atom. The van der Waals surface area contributed by atoms with Crippen LogP contribution in [0.5, 0.6) is 0 Å². The smallest absolute Gasteiger partial charge is 0.223 e. The number of anilines is 2. The number of rotatable bonds is 3. The number of nitrogen functional groups attached to an aromatic ring is 2. The molecule has 0 amide bonds. The topological polar surface area (TPSA) is 103 Å². The van der Waals surface area contributed by atoms with Crippen LogP contribution in [-0.2, 0) is 0 Å². The second kappa shape index (κ2) is 5.17. The third kappa shape index (κ3) is 3.19. The molecule has 0 aliphatic carbocycles. The maximum absolute atomic E-state index is 5.74. The molecule has 0 saturated heterocycles. The zero-order chi connectivity index (χ0) is 12.3. The van der Waals surface area contributed by atoms with Crippen LogP contribution >= 0.6 is 23.4 Å². The SMILES string of the molecule is NNc1cc(Sc2ccc(Cl)cn2)nc(N)n1. The van der Waals surface area contributed by atoms with Gasteiger partial charge in [0.15, 0.2) is 0 Å². The maximum atomic E-state index is 5.74. The third-order valence-corrected chi connectivity index (χ3v) is 2.87. The highest BCUT2D eigenvalue weighted by molar-refractivity contribution is 7.99. The second-order valence-electron chi connectivity index (χ2n) is 3.01. The molecule has 17 heavy (non-hydrogen) atoms. The summed E-state index contributed by atoms with van der Waals surface area (Å²) in [4.78, 5) is 12.1. The van der Waals surface area contributed by atoms with Crippen LogP contribution in [0.4, 0.5) is 11.8 Å². The molecule has 0 fully saturated rings. The number of nitrogens with one attached hydrogen (secondary N) is 1. The number of halogens is 1. The first-order chi connectivity index (χ1) is 8.17. The van der Waals surface area contributed by atoms with Crippen LogP contribution in [0.15, 0.2) is 34.4 Å². The van der Waals surface area contributed by atoms with Crippen molar-refractivity contribution < 1.29 is 0 Å². The molecule has 5 N–H and O–H groups in total. The third-order valence-electron chi connectivity index (χ3n) is 1.78. The predicted octanol–water partition coefficient (Wildman–Crippen LogP) is 1.54. The number of pyridine rings is 1. The number of aromatic nitrogens is 3. The number of hydrogen-bond acceptors (Lipinski definition) is 7. The molecule has 0 atom stereocenters. The number of nitrogens with two attached hydrogens (primary N) is 2. The molecule has 88 valence electrons. The Morgan fingerprint density at radius 2 is 2.06 bits per heavy atom.